The molecular weight excluding hydrogens is 354 g/mol. The van der Waals surface area contributed by atoms with Gasteiger partial charge in [0.05, 0.1) is 30.1 Å². The van der Waals surface area contributed by atoms with Crippen LogP contribution in [0.3, 0.4) is 0 Å². The summed E-state index contributed by atoms with van der Waals surface area (Å²) in [5, 5.41) is 19.3. The number of hydrogen-bond donors (Lipinski definition) is 3. The van der Waals surface area contributed by atoms with Crippen molar-refractivity contribution in [2.75, 3.05) is 31.1 Å². The first kappa shape index (κ1) is 18.9. The van der Waals surface area contributed by atoms with Gasteiger partial charge in [0.15, 0.2) is 5.82 Å². The number of rotatable bonds is 5. The van der Waals surface area contributed by atoms with E-state index in [2.05, 4.69) is 19.8 Å². The molecule has 0 spiro atoms. The minimum absolute atomic E-state index is 0.157. The fourth-order valence-corrected chi connectivity index (χ4v) is 4.03. The van der Waals surface area contributed by atoms with Crippen LogP contribution in [0.25, 0.3) is 0 Å². The van der Waals surface area contributed by atoms with Gasteiger partial charge >= 0.3 is 5.97 Å². The van der Waals surface area contributed by atoms with E-state index in [1.807, 2.05) is 0 Å². The molecule has 1 aliphatic carbocycles. The molecule has 2 fully saturated rings. The molecule has 142 valence electrons. The van der Waals surface area contributed by atoms with E-state index >= 15 is 0 Å². The lowest BCUT2D eigenvalue weighted by Gasteiger charge is -2.44. The van der Waals surface area contributed by atoms with Crippen LogP contribution in [-0.4, -0.2) is 73.9 Å². The van der Waals surface area contributed by atoms with Crippen LogP contribution in [0.5, 0.6) is 0 Å². The summed E-state index contributed by atoms with van der Waals surface area (Å²) in [6.45, 7) is 3.62. The number of carbonyl (C=O) groups is 1. The zero-order valence-corrected chi connectivity index (χ0v) is 15.5. The molecule has 1 aliphatic heterocycles. The smallest absolute Gasteiger partial charge is 0.306 e. The summed E-state index contributed by atoms with van der Waals surface area (Å²) in [5.41, 5.74) is 5.45. The zero-order valence-electron chi connectivity index (χ0n) is 14.7. The summed E-state index contributed by atoms with van der Waals surface area (Å²) >= 11 is 4.87. The van der Waals surface area contributed by atoms with Gasteiger partial charge in [-0.25, -0.2) is 9.97 Å². The number of aromatic nitrogens is 2. The van der Waals surface area contributed by atoms with E-state index in [9.17, 15) is 9.90 Å². The highest BCUT2D eigenvalue weighted by molar-refractivity contribution is 7.80. The normalized spacial score (nSPS) is 27.3. The Morgan fingerprint density at radius 1 is 1.23 bits per heavy atom. The van der Waals surface area contributed by atoms with Crippen molar-refractivity contribution < 1.29 is 15.0 Å². The highest BCUT2D eigenvalue weighted by Gasteiger charge is 2.37. The second-order valence-corrected chi connectivity index (χ2v) is 7.62. The third-order valence-electron chi connectivity index (χ3n) is 5.42. The summed E-state index contributed by atoms with van der Waals surface area (Å²) in [4.78, 5) is 24.2. The van der Waals surface area contributed by atoms with E-state index < -0.39 is 11.6 Å². The van der Waals surface area contributed by atoms with Gasteiger partial charge < -0.3 is 20.8 Å². The van der Waals surface area contributed by atoms with Crippen molar-refractivity contribution in [2.45, 2.75) is 43.7 Å². The summed E-state index contributed by atoms with van der Waals surface area (Å²) in [6, 6.07) is 0.416. The van der Waals surface area contributed by atoms with Gasteiger partial charge in [-0.1, -0.05) is 12.2 Å². The second kappa shape index (κ2) is 7.81. The number of hydrogen-bond acceptors (Lipinski definition) is 7. The Kier molecular flexibility index (Phi) is 5.69. The van der Waals surface area contributed by atoms with Crippen molar-refractivity contribution in [2.24, 2.45) is 5.73 Å². The van der Waals surface area contributed by atoms with Crippen molar-refractivity contribution in [1.29, 1.82) is 0 Å². The highest BCUT2D eigenvalue weighted by Crippen LogP contribution is 2.33. The number of carboxylic acid groups (broad SMARTS) is 1. The molecule has 1 aromatic heterocycles. The fourth-order valence-electron chi connectivity index (χ4n) is 3.92. The van der Waals surface area contributed by atoms with E-state index in [1.54, 1.807) is 12.4 Å². The number of nitrogens with two attached hydrogens (primary N) is 1. The first-order valence-corrected chi connectivity index (χ1v) is 9.32. The third kappa shape index (κ3) is 4.46. The first-order valence-electron chi connectivity index (χ1n) is 8.91. The highest BCUT2D eigenvalue weighted by atomic mass is 32.1. The Labute approximate surface area is 158 Å². The van der Waals surface area contributed by atoms with E-state index in [0.29, 0.717) is 24.7 Å². The number of piperazine rings is 1. The summed E-state index contributed by atoms with van der Waals surface area (Å²) in [7, 11) is 0. The average Bonchev–Trinajstić information content (AvgIpc) is 2.62. The van der Waals surface area contributed by atoms with Crippen LogP contribution in [0.15, 0.2) is 12.4 Å². The molecule has 1 aromatic rings. The maximum atomic E-state index is 10.9. The van der Waals surface area contributed by atoms with Crippen LogP contribution in [0.1, 0.15) is 37.9 Å². The Hall–Kier alpha value is -1.84. The molecular formula is C17H25N5O3S. The third-order valence-corrected chi connectivity index (χ3v) is 5.60. The van der Waals surface area contributed by atoms with Gasteiger partial charge in [-0.05, 0) is 25.7 Å². The Bertz CT molecular complexity index is 653. The van der Waals surface area contributed by atoms with Gasteiger partial charge in [-0.15, -0.1) is 0 Å². The Balaban J connectivity index is 1.50. The lowest BCUT2D eigenvalue weighted by molar-refractivity contribution is -0.144. The number of aliphatic carboxylic acids is 1. The Morgan fingerprint density at radius 3 is 2.31 bits per heavy atom. The summed E-state index contributed by atoms with van der Waals surface area (Å²) in [5.74, 6) is -0.540. The van der Waals surface area contributed by atoms with Crippen molar-refractivity contribution >= 4 is 28.9 Å². The molecule has 0 aromatic carbocycles. The van der Waals surface area contributed by atoms with Crippen molar-refractivity contribution in [3.05, 3.63) is 18.2 Å². The molecule has 4 N–H and O–H groups in total. The maximum absolute atomic E-state index is 10.9. The number of anilines is 1. The maximum Gasteiger partial charge on any atom is 0.306 e. The van der Waals surface area contributed by atoms with E-state index in [-0.39, 0.29) is 11.4 Å². The van der Waals surface area contributed by atoms with Gasteiger partial charge in [0.25, 0.3) is 0 Å². The first-order chi connectivity index (χ1) is 12.4. The predicted octanol–water partition coefficient (Wildman–Crippen LogP) is 0.381. The second-order valence-electron chi connectivity index (χ2n) is 7.18. The number of nitrogens with zero attached hydrogens (tertiary/aromatic N) is 4. The van der Waals surface area contributed by atoms with Gasteiger partial charge in [0, 0.05) is 32.2 Å². The molecule has 9 heteroatoms. The van der Waals surface area contributed by atoms with Gasteiger partial charge in [-0.3, -0.25) is 9.69 Å². The molecule has 26 heavy (non-hydrogen) atoms. The lowest BCUT2D eigenvalue weighted by Crippen LogP contribution is -2.52. The molecule has 0 amide bonds. The Morgan fingerprint density at radius 2 is 1.81 bits per heavy atom. The average molecular weight is 379 g/mol. The topological polar surface area (TPSA) is 116 Å². The minimum Gasteiger partial charge on any atom is -0.481 e. The molecule has 3 rings (SSSR count). The predicted molar refractivity (Wildman–Crippen MR) is 101 cm³/mol. The zero-order chi connectivity index (χ0) is 18.7. The van der Waals surface area contributed by atoms with Crippen LogP contribution in [0, 0.1) is 0 Å². The minimum atomic E-state index is -1.03. The molecule has 2 heterocycles. The molecule has 1 saturated carbocycles. The van der Waals surface area contributed by atoms with Crippen LogP contribution in [0.2, 0.25) is 0 Å². The van der Waals surface area contributed by atoms with Crippen LogP contribution in [0.4, 0.5) is 5.69 Å². The standard InChI is InChI=1S/C17H25N5O3S/c18-15(26)16-19-10-13(11-20-16)22-7-5-21(6-8-22)12-1-3-17(25,4-2-12)9-14(23)24/h10-12,25H,1-9H2,(H2,18,26)(H,23,24). The molecule has 0 bridgehead atoms. The molecule has 0 atom stereocenters. The van der Waals surface area contributed by atoms with Crippen LogP contribution < -0.4 is 10.6 Å². The monoisotopic (exact) mass is 379 g/mol. The van der Waals surface area contributed by atoms with Crippen molar-refractivity contribution in [3.63, 3.8) is 0 Å². The number of thiocarbonyl (C=S) groups is 1. The van der Waals surface area contributed by atoms with Crippen molar-refractivity contribution in [3.8, 4) is 0 Å². The van der Waals surface area contributed by atoms with Gasteiger partial charge in [0.1, 0.15) is 4.99 Å². The lowest BCUT2D eigenvalue weighted by atomic mass is 9.79. The van der Waals surface area contributed by atoms with E-state index in [4.69, 9.17) is 23.1 Å². The van der Waals surface area contributed by atoms with Crippen LogP contribution >= 0.6 is 12.2 Å². The van der Waals surface area contributed by atoms with Crippen molar-refractivity contribution in [1.82, 2.24) is 14.9 Å². The van der Waals surface area contributed by atoms with Crippen LogP contribution in [-0.2, 0) is 4.79 Å². The quantitative estimate of drug-likeness (QED) is 0.624. The largest absolute Gasteiger partial charge is 0.481 e. The SMILES string of the molecule is NC(=S)c1ncc(N2CCN(C3CCC(O)(CC(=O)O)CC3)CC2)cn1. The molecule has 0 unspecified atom stereocenters. The number of carboxylic acids is 1. The fraction of sp³-hybridized carbons (Fsp3) is 0.647. The molecule has 0 radical (unpaired) electrons. The van der Waals surface area contributed by atoms with Gasteiger partial charge in [-0.2, -0.15) is 0 Å². The number of aliphatic hydroxyl groups is 1. The van der Waals surface area contributed by atoms with E-state index in [0.717, 1.165) is 44.7 Å². The molecule has 2 aliphatic rings. The molecule has 8 nitrogen and oxygen atoms in total. The molecule has 1 saturated heterocycles. The van der Waals surface area contributed by atoms with E-state index in [1.165, 1.54) is 0 Å². The summed E-state index contributed by atoms with van der Waals surface area (Å²) in [6.07, 6.45) is 6.14. The summed E-state index contributed by atoms with van der Waals surface area (Å²) < 4.78 is 0. The van der Waals surface area contributed by atoms with Gasteiger partial charge in [0.2, 0.25) is 0 Å².